The third kappa shape index (κ3) is 5.80. The Bertz CT molecular complexity index is 210. The highest BCUT2D eigenvalue weighted by molar-refractivity contribution is 5.36. The van der Waals surface area contributed by atoms with Crippen molar-refractivity contribution in [2.24, 2.45) is 0 Å². The molecule has 108 valence electrons. The predicted molar refractivity (Wildman–Crippen MR) is 72.5 cm³/mol. The lowest BCUT2D eigenvalue weighted by Crippen LogP contribution is -2.41. The Morgan fingerprint density at radius 1 is 1.28 bits per heavy atom. The molecule has 1 N–H and O–H groups in total. The molecule has 0 atom stereocenters. The number of aliphatic hydroxyl groups is 1. The van der Waals surface area contributed by atoms with E-state index in [1.807, 2.05) is 26.0 Å². The van der Waals surface area contributed by atoms with Crippen LogP contribution >= 0.6 is 0 Å². The van der Waals surface area contributed by atoms with Crippen molar-refractivity contribution in [3.63, 3.8) is 0 Å². The second-order valence-electron chi connectivity index (χ2n) is 5.25. The van der Waals surface area contributed by atoms with Crippen molar-refractivity contribution in [1.82, 2.24) is 9.80 Å². The SMILES string of the molecule is CN(C)C.COC=O.OCC12CCCN1CCC2. The Balaban J connectivity index is 0.000000307. The van der Waals surface area contributed by atoms with Crippen LogP contribution in [0.1, 0.15) is 25.7 Å². The van der Waals surface area contributed by atoms with E-state index in [-0.39, 0.29) is 5.54 Å². The highest BCUT2D eigenvalue weighted by atomic mass is 16.5. The fourth-order valence-corrected chi connectivity index (χ4v) is 2.48. The van der Waals surface area contributed by atoms with Gasteiger partial charge in [0.25, 0.3) is 6.47 Å². The molecule has 5 nitrogen and oxygen atoms in total. The van der Waals surface area contributed by atoms with Crippen molar-refractivity contribution >= 4 is 6.47 Å². The summed E-state index contributed by atoms with van der Waals surface area (Å²) in [5.74, 6) is 0. The minimum Gasteiger partial charge on any atom is -0.471 e. The van der Waals surface area contributed by atoms with Gasteiger partial charge in [-0.05, 0) is 59.9 Å². The molecule has 2 rings (SSSR count). The Morgan fingerprint density at radius 2 is 1.67 bits per heavy atom. The van der Waals surface area contributed by atoms with Crippen LogP contribution in [-0.2, 0) is 9.53 Å². The van der Waals surface area contributed by atoms with Crippen LogP contribution in [0.25, 0.3) is 0 Å². The van der Waals surface area contributed by atoms with Crippen LogP contribution in [0.4, 0.5) is 0 Å². The molecular weight excluding hydrogens is 232 g/mol. The van der Waals surface area contributed by atoms with Crippen molar-refractivity contribution < 1.29 is 14.6 Å². The van der Waals surface area contributed by atoms with E-state index in [1.54, 1.807) is 0 Å². The van der Waals surface area contributed by atoms with Gasteiger partial charge in [-0.25, -0.2) is 0 Å². The standard InChI is InChI=1S/C8H15NO.C3H9N.C2H4O2/c10-7-8-3-1-5-9(8)6-2-4-8;1-4(2)3;1-4-2-3/h10H,1-7H2;1-3H3;2H,1H3. The van der Waals surface area contributed by atoms with Gasteiger partial charge >= 0.3 is 0 Å². The van der Waals surface area contributed by atoms with Crippen LogP contribution in [0, 0.1) is 0 Å². The van der Waals surface area contributed by atoms with Gasteiger partial charge in [-0.3, -0.25) is 9.69 Å². The van der Waals surface area contributed by atoms with Crippen LogP contribution in [0.5, 0.6) is 0 Å². The monoisotopic (exact) mass is 260 g/mol. The van der Waals surface area contributed by atoms with E-state index in [0.717, 1.165) is 0 Å². The van der Waals surface area contributed by atoms with Crippen molar-refractivity contribution in [3.8, 4) is 0 Å². The molecule has 0 radical (unpaired) electrons. The van der Waals surface area contributed by atoms with Crippen LogP contribution in [0.2, 0.25) is 0 Å². The third-order valence-corrected chi connectivity index (χ3v) is 3.20. The number of hydrogen-bond acceptors (Lipinski definition) is 5. The molecular formula is C13H28N2O3. The lowest BCUT2D eigenvalue weighted by molar-refractivity contribution is -0.126. The summed E-state index contributed by atoms with van der Waals surface area (Å²) in [6, 6.07) is 0. The Morgan fingerprint density at radius 3 is 1.89 bits per heavy atom. The summed E-state index contributed by atoms with van der Waals surface area (Å²) in [5.41, 5.74) is 0.236. The summed E-state index contributed by atoms with van der Waals surface area (Å²) in [6.45, 7) is 3.20. The third-order valence-electron chi connectivity index (χ3n) is 3.20. The van der Waals surface area contributed by atoms with Crippen molar-refractivity contribution in [3.05, 3.63) is 0 Å². The Hall–Kier alpha value is -0.650. The van der Waals surface area contributed by atoms with E-state index in [9.17, 15) is 5.11 Å². The zero-order valence-corrected chi connectivity index (χ0v) is 12.2. The maximum Gasteiger partial charge on any atom is 0.292 e. The highest BCUT2D eigenvalue weighted by Gasteiger charge is 2.43. The van der Waals surface area contributed by atoms with E-state index in [2.05, 4.69) is 9.64 Å². The first-order valence-corrected chi connectivity index (χ1v) is 6.45. The lowest BCUT2D eigenvalue weighted by atomic mass is 9.96. The van der Waals surface area contributed by atoms with Gasteiger partial charge in [0, 0.05) is 5.54 Å². The summed E-state index contributed by atoms with van der Waals surface area (Å²) < 4.78 is 3.86. The average molecular weight is 260 g/mol. The molecule has 2 aliphatic rings. The lowest BCUT2D eigenvalue weighted by Gasteiger charge is -2.29. The van der Waals surface area contributed by atoms with Gasteiger partial charge in [-0.1, -0.05) is 0 Å². The first kappa shape index (κ1) is 17.4. The van der Waals surface area contributed by atoms with Gasteiger partial charge in [-0.2, -0.15) is 0 Å². The molecule has 2 fully saturated rings. The van der Waals surface area contributed by atoms with Crippen molar-refractivity contribution in [1.29, 1.82) is 0 Å². The quantitative estimate of drug-likeness (QED) is 0.736. The number of hydrogen-bond donors (Lipinski definition) is 1. The summed E-state index contributed by atoms with van der Waals surface area (Å²) >= 11 is 0. The fraction of sp³-hybridized carbons (Fsp3) is 0.923. The number of methoxy groups -OCH3 is 1. The number of ether oxygens (including phenoxy) is 1. The van der Waals surface area contributed by atoms with E-state index >= 15 is 0 Å². The molecule has 5 heteroatoms. The topological polar surface area (TPSA) is 53.0 Å². The molecule has 0 unspecified atom stereocenters. The van der Waals surface area contributed by atoms with E-state index < -0.39 is 0 Å². The first-order chi connectivity index (χ1) is 8.52. The predicted octanol–water partition coefficient (Wildman–Crippen LogP) is 0.574. The summed E-state index contributed by atoms with van der Waals surface area (Å²) in [7, 11) is 7.31. The van der Waals surface area contributed by atoms with E-state index in [0.29, 0.717) is 13.1 Å². The highest BCUT2D eigenvalue weighted by Crippen LogP contribution is 2.37. The van der Waals surface area contributed by atoms with Gasteiger partial charge in [0.2, 0.25) is 0 Å². The Kier molecular flexibility index (Phi) is 8.97. The number of nitrogens with zero attached hydrogens (tertiary/aromatic N) is 2. The molecule has 0 amide bonds. The minimum atomic E-state index is 0.236. The molecule has 0 aromatic rings. The molecule has 0 aromatic carbocycles. The Labute approximate surface area is 111 Å². The molecule has 0 aromatic heterocycles. The number of rotatable bonds is 2. The van der Waals surface area contributed by atoms with Crippen LogP contribution in [0.3, 0.4) is 0 Å². The van der Waals surface area contributed by atoms with Crippen molar-refractivity contribution in [2.75, 3.05) is 47.9 Å². The fourth-order valence-electron chi connectivity index (χ4n) is 2.48. The average Bonchev–Trinajstić information content (AvgIpc) is 2.87. The van der Waals surface area contributed by atoms with Gasteiger partial charge in [0.15, 0.2) is 0 Å². The second-order valence-corrected chi connectivity index (χ2v) is 5.25. The van der Waals surface area contributed by atoms with Gasteiger partial charge in [-0.15, -0.1) is 0 Å². The number of fused-ring (bicyclic) bond motifs is 1. The summed E-state index contributed by atoms with van der Waals surface area (Å²) in [5, 5.41) is 9.19. The maximum atomic E-state index is 9.19. The summed E-state index contributed by atoms with van der Waals surface area (Å²) in [6.07, 6.45) is 5.04. The maximum absolute atomic E-state index is 9.19. The number of carbonyl (C=O) groups excluding carboxylic acids is 1. The largest absolute Gasteiger partial charge is 0.471 e. The zero-order chi connectivity index (χ0) is 14.0. The van der Waals surface area contributed by atoms with Crippen LogP contribution in [0.15, 0.2) is 0 Å². The smallest absolute Gasteiger partial charge is 0.292 e. The molecule has 18 heavy (non-hydrogen) atoms. The summed E-state index contributed by atoms with van der Waals surface area (Å²) in [4.78, 5) is 13.4. The minimum absolute atomic E-state index is 0.236. The molecule has 0 bridgehead atoms. The van der Waals surface area contributed by atoms with Gasteiger partial charge in [0.05, 0.1) is 13.7 Å². The molecule has 2 heterocycles. The zero-order valence-electron chi connectivity index (χ0n) is 12.2. The molecule has 2 saturated heterocycles. The molecule has 0 saturated carbocycles. The molecule has 0 aliphatic carbocycles. The normalized spacial score (nSPS) is 20.3. The van der Waals surface area contributed by atoms with Crippen LogP contribution < -0.4 is 0 Å². The molecule has 2 aliphatic heterocycles. The molecule has 0 spiro atoms. The van der Waals surface area contributed by atoms with Crippen molar-refractivity contribution in [2.45, 2.75) is 31.2 Å². The number of aliphatic hydroxyl groups excluding tert-OH is 1. The second kappa shape index (κ2) is 9.30. The van der Waals surface area contributed by atoms with Gasteiger partial charge < -0.3 is 14.7 Å². The van der Waals surface area contributed by atoms with E-state index in [4.69, 9.17) is 4.79 Å². The first-order valence-electron chi connectivity index (χ1n) is 6.45. The van der Waals surface area contributed by atoms with Gasteiger partial charge in [0.1, 0.15) is 0 Å². The number of carbonyl (C=O) groups is 1. The van der Waals surface area contributed by atoms with E-state index in [1.165, 1.54) is 45.9 Å². The van der Waals surface area contributed by atoms with Crippen LogP contribution in [-0.4, -0.2) is 74.9 Å².